The van der Waals surface area contributed by atoms with Crippen LogP contribution in [0, 0.1) is 0 Å². The quantitative estimate of drug-likeness (QED) is 0.507. The maximum absolute atomic E-state index is 12.8. The van der Waals surface area contributed by atoms with Crippen molar-refractivity contribution in [1.82, 2.24) is 10.6 Å². The minimum absolute atomic E-state index is 0.0394. The van der Waals surface area contributed by atoms with E-state index in [1.807, 2.05) is 24.3 Å². The molecule has 31 heavy (non-hydrogen) atoms. The minimum Gasteiger partial charge on any atom is -0.445 e. The summed E-state index contributed by atoms with van der Waals surface area (Å²) >= 11 is 0. The van der Waals surface area contributed by atoms with Crippen molar-refractivity contribution in [3.63, 3.8) is 0 Å². The fourth-order valence-electron chi connectivity index (χ4n) is 2.76. The molecule has 0 unspecified atom stereocenters. The number of benzene rings is 2. The number of sulfone groups is 1. The molecule has 2 N–H and O–H groups in total. The van der Waals surface area contributed by atoms with Crippen LogP contribution < -0.4 is 10.6 Å². The van der Waals surface area contributed by atoms with Gasteiger partial charge in [0.15, 0.2) is 0 Å². The molecule has 0 spiro atoms. The zero-order chi connectivity index (χ0) is 22.7. The lowest BCUT2D eigenvalue weighted by Gasteiger charge is -2.21. The van der Waals surface area contributed by atoms with E-state index in [1.54, 1.807) is 36.4 Å². The molecule has 0 saturated carbocycles. The smallest absolute Gasteiger partial charge is 0.408 e. The first-order valence-electron chi connectivity index (χ1n) is 9.71. The van der Waals surface area contributed by atoms with E-state index >= 15 is 0 Å². The van der Waals surface area contributed by atoms with Gasteiger partial charge in [-0.2, -0.15) is 0 Å². The second-order valence-corrected chi connectivity index (χ2v) is 9.38. The number of hydrogen-bond donors (Lipinski definition) is 2. The highest BCUT2D eigenvalue weighted by Crippen LogP contribution is 2.06. The third-order valence-corrected chi connectivity index (χ3v) is 5.37. The normalized spacial score (nSPS) is 12.9. The number of carbonyl (C=O) groups is 3. The molecular weight excluding hydrogens is 420 g/mol. The summed E-state index contributed by atoms with van der Waals surface area (Å²) in [6.07, 6.45) is 0.879. The molecule has 0 heterocycles. The van der Waals surface area contributed by atoms with E-state index in [0.29, 0.717) is 6.29 Å². The number of nitrogens with one attached hydrogen (secondary N) is 2. The van der Waals surface area contributed by atoms with Crippen LogP contribution in [0.2, 0.25) is 0 Å². The van der Waals surface area contributed by atoms with E-state index in [0.717, 1.165) is 17.4 Å². The summed E-state index contributed by atoms with van der Waals surface area (Å²) in [6.45, 7) is 0.0394. The summed E-state index contributed by atoms with van der Waals surface area (Å²) < 4.78 is 27.9. The second-order valence-electron chi connectivity index (χ2n) is 7.12. The van der Waals surface area contributed by atoms with Gasteiger partial charge in [0.1, 0.15) is 28.8 Å². The molecule has 2 atom stereocenters. The van der Waals surface area contributed by atoms with Crippen molar-refractivity contribution in [2.75, 3.05) is 12.0 Å². The highest BCUT2D eigenvalue weighted by Gasteiger charge is 2.25. The summed E-state index contributed by atoms with van der Waals surface area (Å²) in [5.41, 5.74) is 1.59. The largest absolute Gasteiger partial charge is 0.445 e. The van der Waals surface area contributed by atoms with Gasteiger partial charge < -0.3 is 20.2 Å². The number of hydrogen-bond acceptors (Lipinski definition) is 6. The van der Waals surface area contributed by atoms with Gasteiger partial charge in [-0.25, -0.2) is 13.2 Å². The Balaban J connectivity index is 2.03. The van der Waals surface area contributed by atoms with Gasteiger partial charge in [-0.3, -0.25) is 4.79 Å². The van der Waals surface area contributed by atoms with Gasteiger partial charge in [-0.15, -0.1) is 0 Å². The first kappa shape index (κ1) is 24.1. The van der Waals surface area contributed by atoms with Crippen LogP contribution in [0.3, 0.4) is 0 Å². The highest BCUT2D eigenvalue weighted by atomic mass is 32.2. The molecule has 0 aliphatic carbocycles. The topological polar surface area (TPSA) is 119 Å². The molecule has 0 bridgehead atoms. The average molecular weight is 447 g/mol. The number of alkyl carbamates (subject to hydrolysis) is 1. The van der Waals surface area contributed by atoms with Gasteiger partial charge in [0.25, 0.3) is 0 Å². The minimum atomic E-state index is -3.29. The Morgan fingerprint density at radius 1 is 0.968 bits per heavy atom. The molecule has 9 heteroatoms. The van der Waals surface area contributed by atoms with Crippen LogP contribution in [-0.2, 0) is 37.2 Å². The Hall–Kier alpha value is -3.20. The van der Waals surface area contributed by atoms with Gasteiger partial charge in [0, 0.05) is 12.7 Å². The first-order chi connectivity index (χ1) is 14.8. The molecule has 0 aliphatic heterocycles. The molecule has 0 aliphatic rings. The summed E-state index contributed by atoms with van der Waals surface area (Å²) in [5, 5.41) is 5.03. The van der Waals surface area contributed by atoms with Crippen molar-refractivity contribution in [3.8, 4) is 0 Å². The fraction of sp³-hybridized carbons (Fsp3) is 0.318. The lowest BCUT2D eigenvalue weighted by atomic mass is 10.0. The number of amides is 2. The molecule has 2 rings (SSSR count). The van der Waals surface area contributed by atoms with E-state index in [1.165, 1.54) is 0 Å². The van der Waals surface area contributed by atoms with Gasteiger partial charge in [-0.1, -0.05) is 60.7 Å². The molecule has 2 amide bonds. The molecule has 0 fully saturated rings. The molecule has 166 valence electrons. The number of aldehydes is 1. The standard InChI is InChI=1S/C22H26N2O6S/c1-31(28,29)13-12-19(15-25)23-21(26)20(14-17-8-4-2-5-9-17)24-22(27)30-16-18-10-6-3-7-11-18/h2-11,15,19-20H,12-14,16H2,1H3,(H,23,26)(H,24,27)/t19-,20+/m0/s1. The zero-order valence-corrected chi connectivity index (χ0v) is 18.0. The number of rotatable bonds is 11. The predicted octanol–water partition coefficient (Wildman–Crippen LogP) is 1.64. The van der Waals surface area contributed by atoms with Crippen LogP contribution in [0.1, 0.15) is 17.5 Å². The predicted molar refractivity (Wildman–Crippen MR) is 116 cm³/mol. The van der Waals surface area contributed by atoms with Crippen LogP contribution in [0.25, 0.3) is 0 Å². The molecule has 0 saturated heterocycles. The van der Waals surface area contributed by atoms with E-state index < -0.39 is 33.9 Å². The van der Waals surface area contributed by atoms with Crippen molar-refractivity contribution in [1.29, 1.82) is 0 Å². The molecule has 2 aromatic carbocycles. The van der Waals surface area contributed by atoms with Crippen molar-refractivity contribution >= 4 is 28.1 Å². The lowest BCUT2D eigenvalue weighted by Crippen LogP contribution is -2.51. The maximum Gasteiger partial charge on any atom is 0.408 e. The average Bonchev–Trinajstić information content (AvgIpc) is 2.75. The van der Waals surface area contributed by atoms with Gasteiger partial charge >= 0.3 is 6.09 Å². The third-order valence-electron chi connectivity index (χ3n) is 4.40. The summed E-state index contributed by atoms with van der Waals surface area (Å²) in [5.74, 6) is -0.849. The fourth-order valence-corrected chi connectivity index (χ4v) is 3.45. The molecule has 8 nitrogen and oxygen atoms in total. The van der Waals surface area contributed by atoms with E-state index in [4.69, 9.17) is 4.74 Å². The van der Waals surface area contributed by atoms with Crippen molar-refractivity contribution < 1.29 is 27.5 Å². The van der Waals surface area contributed by atoms with E-state index in [9.17, 15) is 22.8 Å². The van der Waals surface area contributed by atoms with Crippen molar-refractivity contribution in [2.24, 2.45) is 0 Å². The third kappa shape index (κ3) is 9.43. The molecule has 2 aromatic rings. The number of carbonyl (C=O) groups excluding carboxylic acids is 3. The zero-order valence-electron chi connectivity index (χ0n) is 17.2. The van der Waals surface area contributed by atoms with Gasteiger partial charge in [0.2, 0.25) is 5.91 Å². The SMILES string of the molecule is CS(=O)(=O)CC[C@@H](C=O)NC(=O)[C@@H](Cc1ccccc1)NC(=O)OCc1ccccc1. The Morgan fingerprint density at radius 3 is 2.10 bits per heavy atom. The molecule has 0 aromatic heterocycles. The molecule has 0 radical (unpaired) electrons. The van der Waals surface area contributed by atoms with Crippen LogP contribution in [0.5, 0.6) is 0 Å². The summed E-state index contributed by atoms with van der Waals surface area (Å²) in [6, 6.07) is 16.1. The van der Waals surface area contributed by atoms with Crippen molar-refractivity contribution in [2.45, 2.75) is 31.5 Å². The monoisotopic (exact) mass is 446 g/mol. The lowest BCUT2D eigenvalue weighted by molar-refractivity contribution is -0.125. The van der Waals surface area contributed by atoms with Crippen LogP contribution in [0.15, 0.2) is 60.7 Å². The first-order valence-corrected chi connectivity index (χ1v) is 11.8. The Bertz CT molecular complexity index is 964. The van der Waals surface area contributed by atoms with Gasteiger partial charge in [0.05, 0.1) is 11.8 Å². The maximum atomic E-state index is 12.8. The Morgan fingerprint density at radius 2 is 1.55 bits per heavy atom. The summed E-state index contributed by atoms with van der Waals surface area (Å²) in [4.78, 5) is 36.3. The summed E-state index contributed by atoms with van der Waals surface area (Å²) in [7, 11) is -3.29. The van der Waals surface area contributed by atoms with E-state index in [-0.39, 0.29) is 25.2 Å². The van der Waals surface area contributed by atoms with Crippen molar-refractivity contribution in [3.05, 3.63) is 71.8 Å². The van der Waals surface area contributed by atoms with Gasteiger partial charge in [-0.05, 0) is 17.5 Å². The highest BCUT2D eigenvalue weighted by molar-refractivity contribution is 7.90. The Labute approximate surface area is 181 Å². The van der Waals surface area contributed by atoms with Crippen LogP contribution >= 0.6 is 0 Å². The number of ether oxygens (including phenoxy) is 1. The second kappa shape index (κ2) is 11.8. The van der Waals surface area contributed by atoms with Crippen LogP contribution in [0.4, 0.5) is 4.79 Å². The Kier molecular flexibility index (Phi) is 9.20. The van der Waals surface area contributed by atoms with Crippen LogP contribution in [-0.4, -0.2) is 50.8 Å². The van der Waals surface area contributed by atoms with E-state index in [2.05, 4.69) is 10.6 Å². The molecular formula is C22H26N2O6S.